The molecule has 114 valence electrons. The van der Waals surface area contributed by atoms with Crippen LogP contribution in [0.5, 0.6) is 0 Å². The predicted octanol–water partition coefficient (Wildman–Crippen LogP) is 0.874. The Balaban J connectivity index is 1.53. The number of piperazine rings is 1. The third kappa shape index (κ3) is 3.60. The molecule has 2 heterocycles. The summed E-state index contributed by atoms with van der Waals surface area (Å²) in [6.07, 6.45) is 1.43. The fraction of sp³-hybridized carbons (Fsp3) is 0.562. The van der Waals surface area contributed by atoms with Gasteiger partial charge in [-0.05, 0) is 24.1 Å². The first-order valence-electron chi connectivity index (χ1n) is 7.69. The highest BCUT2D eigenvalue weighted by Crippen LogP contribution is 2.17. The lowest BCUT2D eigenvalue weighted by molar-refractivity contribution is -0.129. The van der Waals surface area contributed by atoms with Crippen LogP contribution in [0.3, 0.4) is 0 Å². The Morgan fingerprint density at radius 1 is 1.19 bits per heavy atom. The highest BCUT2D eigenvalue weighted by Gasteiger charge is 2.30. The standard InChI is InChI=1S/C16H22FN3O/c17-14-3-1-13(2-4-14)11-16(21)20-8-5-15(12-20)19-9-6-18-7-10-19/h1-4,15,18H,5-12H2. The number of amides is 1. The maximum atomic E-state index is 12.9. The number of benzene rings is 1. The summed E-state index contributed by atoms with van der Waals surface area (Å²) < 4.78 is 12.9. The van der Waals surface area contributed by atoms with E-state index in [1.54, 1.807) is 12.1 Å². The van der Waals surface area contributed by atoms with Crippen LogP contribution in [-0.2, 0) is 11.2 Å². The normalized spacial score (nSPS) is 23.5. The minimum Gasteiger partial charge on any atom is -0.341 e. The lowest BCUT2D eigenvalue weighted by Gasteiger charge is -2.32. The van der Waals surface area contributed by atoms with Crippen LogP contribution in [-0.4, -0.2) is 61.0 Å². The quantitative estimate of drug-likeness (QED) is 0.898. The van der Waals surface area contributed by atoms with Crippen molar-refractivity contribution in [2.45, 2.75) is 18.9 Å². The molecule has 2 aliphatic heterocycles. The van der Waals surface area contributed by atoms with Crippen molar-refractivity contribution in [1.82, 2.24) is 15.1 Å². The van der Waals surface area contributed by atoms with Crippen molar-refractivity contribution < 1.29 is 9.18 Å². The fourth-order valence-corrected chi connectivity index (χ4v) is 3.20. The van der Waals surface area contributed by atoms with Gasteiger partial charge in [0.2, 0.25) is 5.91 Å². The molecule has 4 nitrogen and oxygen atoms in total. The number of carbonyl (C=O) groups is 1. The zero-order valence-corrected chi connectivity index (χ0v) is 12.2. The first-order chi connectivity index (χ1) is 10.2. The zero-order chi connectivity index (χ0) is 14.7. The maximum absolute atomic E-state index is 12.9. The SMILES string of the molecule is O=C(Cc1ccc(F)cc1)N1CCC(N2CCNCC2)C1. The molecule has 1 atom stereocenters. The van der Waals surface area contributed by atoms with E-state index in [0.717, 1.165) is 51.3 Å². The van der Waals surface area contributed by atoms with Gasteiger partial charge in [0, 0.05) is 45.3 Å². The number of nitrogens with zero attached hydrogens (tertiary/aromatic N) is 2. The summed E-state index contributed by atoms with van der Waals surface area (Å²) in [6, 6.07) is 6.71. The van der Waals surface area contributed by atoms with Gasteiger partial charge in [0.15, 0.2) is 0 Å². The Hall–Kier alpha value is -1.46. The molecule has 1 aromatic rings. The highest BCUT2D eigenvalue weighted by molar-refractivity contribution is 5.79. The summed E-state index contributed by atoms with van der Waals surface area (Å²) in [4.78, 5) is 16.8. The van der Waals surface area contributed by atoms with E-state index in [0.29, 0.717) is 12.5 Å². The molecule has 2 aliphatic rings. The van der Waals surface area contributed by atoms with E-state index >= 15 is 0 Å². The van der Waals surface area contributed by atoms with E-state index in [2.05, 4.69) is 10.2 Å². The molecular formula is C16H22FN3O. The van der Waals surface area contributed by atoms with Crippen LogP contribution in [0.4, 0.5) is 4.39 Å². The molecule has 21 heavy (non-hydrogen) atoms. The topological polar surface area (TPSA) is 35.6 Å². The Morgan fingerprint density at radius 3 is 2.62 bits per heavy atom. The highest BCUT2D eigenvalue weighted by atomic mass is 19.1. The monoisotopic (exact) mass is 291 g/mol. The smallest absolute Gasteiger partial charge is 0.227 e. The van der Waals surface area contributed by atoms with Gasteiger partial charge in [-0.15, -0.1) is 0 Å². The van der Waals surface area contributed by atoms with E-state index in [1.165, 1.54) is 12.1 Å². The van der Waals surface area contributed by atoms with Crippen molar-refractivity contribution in [1.29, 1.82) is 0 Å². The van der Waals surface area contributed by atoms with Crippen molar-refractivity contribution in [2.24, 2.45) is 0 Å². The number of hydrogen-bond acceptors (Lipinski definition) is 3. The van der Waals surface area contributed by atoms with Crippen molar-refractivity contribution >= 4 is 5.91 Å². The van der Waals surface area contributed by atoms with Crippen molar-refractivity contribution in [3.05, 3.63) is 35.6 Å². The molecule has 3 rings (SSSR count). The van der Waals surface area contributed by atoms with E-state index in [9.17, 15) is 9.18 Å². The molecule has 1 aromatic carbocycles. The van der Waals surface area contributed by atoms with Gasteiger partial charge in [0.25, 0.3) is 0 Å². The van der Waals surface area contributed by atoms with E-state index < -0.39 is 0 Å². The summed E-state index contributed by atoms with van der Waals surface area (Å²) in [6.45, 7) is 5.91. The van der Waals surface area contributed by atoms with Crippen molar-refractivity contribution in [3.63, 3.8) is 0 Å². The Bertz CT molecular complexity index is 485. The van der Waals surface area contributed by atoms with Gasteiger partial charge in [-0.1, -0.05) is 12.1 Å². The molecule has 1 amide bonds. The van der Waals surface area contributed by atoms with Crippen LogP contribution in [0.2, 0.25) is 0 Å². The van der Waals surface area contributed by atoms with Gasteiger partial charge in [-0.3, -0.25) is 9.69 Å². The molecule has 0 spiro atoms. The predicted molar refractivity (Wildman–Crippen MR) is 79.5 cm³/mol. The van der Waals surface area contributed by atoms with Crippen LogP contribution in [0, 0.1) is 5.82 Å². The zero-order valence-electron chi connectivity index (χ0n) is 12.2. The molecule has 0 saturated carbocycles. The molecule has 1 N–H and O–H groups in total. The van der Waals surface area contributed by atoms with E-state index in [1.807, 2.05) is 4.90 Å². The van der Waals surface area contributed by atoms with Crippen LogP contribution < -0.4 is 5.32 Å². The molecule has 0 aromatic heterocycles. The van der Waals surface area contributed by atoms with Gasteiger partial charge in [-0.25, -0.2) is 4.39 Å². The largest absolute Gasteiger partial charge is 0.341 e. The van der Waals surface area contributed by atoms with E-state index in [4.69, 9.17) is 0 Å². The minimum absolute atomic E-state index is 0.152. The third-order valence-electron chi connectivity index (χ3n) is 4.45. The lowest BCUT2D eigenvalue weighted by atomic mass is 10.1. The van der Waals surface area contributed by atoms with Crippen LogP contribution >= 0.6 is 0 Å². The summed E-state index contributed by atoms with van der Waals surface area (Å²) >= 11 is 0. The van der Waals surface area contributed by atoms with Gasteiger partial charge in [0.05, 0.1) is 6.42 Å². The number of carbonyl (C=O) groups excluding carboxylic acids is 1. The molecule has 0 aliphatic carbocycles. The maximum Gasteiger partial charge on any atom is 0.227 e. The minimum atomic E-state index is -0.258. The van der Waals surface area contributed by atoms with Crippen molar-refractivity contribution in [3.8, 4) is 0 Å². The van der Waals surface area contributed by atoms with E-state index in [-0.39, 0.29) is 11.7 Å². The number of hydrogen-bond donors (Lipinski definition) is 1. The Kier molecular flexibility index (Phi) is 4.51. The van der Waals surface area contributed by atoms with Gasteiger partial charge in [-0.2, -0.15) is 0 Å². The fourth-order valence-electron chi connectivity index (χ4n) is 3.20. The number of nitrogens with one attached hydrogen (secondary N) is 1. The Labute approximate surface area is 124 Å². The summed E-state index contributed by atoms with van der Waals surface area (Å²) in [5.41, 5.74) is 0.882. The second kappa shape index (κ2) is 6.54. The number of halogens is 1. The first kappa shape index (κ1) is 14.5. The lowest BCUT2D eigenvalue weighted by Crippen LogP contribution is -2.49. The molecule has 0 radical (unpaired) electrons. The average molecular weight is 291 g/mol. The second-order valence-electron chi connectivity index (χ2n) is 5.87. The average Bonchev–Trinajstić information content (AvgIpc) is 3.00. The molecule has 0 bridgehead atoms. The molecule has 2 saturated heterocycles. The molecule has 2 fully saturated rings. The third-order valence-corrected chi connectivity index (χ3v) is 4.45. The number of likely N-dealkylation sites (tertiary alicyclic amines) is 1. The summed E-state index contributed by atoms with van der Waals surface area (Å²) in [5, 5.41) is 3.36. The first-order valence-corrected chi connectivity index (χ1v) is 7.69. The number of rotatable bonds is 3. The molecular weight excluding hydrogens is 269 g/mol. The second-order valence-corrected chi connectivity index (χ2v) is 5.87. The van der Waals surface area contributed by atoms with Crippen LogP contribution in [0.1, 0.15) is 12.0 Å². The Morgan fingerprint density at radius 2 is 1.90 bits per heavy atom. The van der Waals surface area contributed by atoms with Crippen molar-refractivity contribution in [2.75, 3.05) is 39.3 Å². The summed E-state index contributed by atoms with van der Waals surface area (Å²) in [7, 11) is 0. The van der Waals surface area contributed by atoms with Crippen LogP contribution in [0.15, 0.2) is 24.3 Å². The molecule has 1 unspecified atom stereocenters. The van der Waals surface area contributed by atoms with Gasteiger partial charge >= 0.3 is 0 Å². The van der Waals surface area contributed by atoms with Gasteiger partial charge in [0.1, 0.15) is 5.82 Å². The van der Waals surface area contributed by atoms with Gasteiger partial charge < -0.3 is 10.2 Å². The molecule has 5 heteroatoms. The summed E-state index contributed by atoms with van der Waals surface area (Å²) in [5.74, 6) is -0.106. The van der Waals surface area contributed by atoms with Crippen LogP contribution in [0.25, 0.3) is 0 Å².